The number of ether oxygens (including phenoxy) is 2. The molecule has 0 heterocycles. The molecule has 0 radical (unpaired) electrons. The summed E-state index contributed by atoms with van der Waals surface area (Å²) in [5.74, 6) is 0.749. The fraction of sp³-hybridized carbons (Fsp3) is 0.278. The van der Waals surface area contributed by atoms with Crippen molar-refractivity contribution >= 4 is 5.78 Å². The average Bonchev–Trinajstić information content (AvgIpc) is 2.49. The summed E-state index contributed by atoms with van der Waals surface area (Å²) >= 11 is 0. The largest absolute Gasteiger partial charge is 0.490 e. The highest BCUT2D eigenvalue weighted by Gasteiger charge is 2.33. The molecule has 0 saturated carbocycles. The van der Waals surface area contributed by atoms with Crippen LogP contribution in [0.15, 0.2) is 48.5 Å². The zero-order chi connectivity index (χ0) is 14.7. The lowest BCUT2D eigenvalue weighted by Gasteiger charge is -2.29. The van der Waals surface area contributed by atoms with Gasteiger partial charge in [0.05, 0.1) is 18.1 Å². The van der Waals surface area contributed by atoms with Crippen LogP contribution in [0.1, 0.15) is 27.4 Å². The molecule has 1 aliphatic rings. The standard InChI is InChI=1S/C18H18O3/c1-20-10-11-21-17-9-5-4-8-15(17)18(19)16-12-13-6-2-3-7-14(13)16/h2-9,16H,10-12H2,1H3. The first-order valence-electron chi connectivity index (χ1n) is 7.14. The summed E-state index contributed by atoms with van der Waals surface area (Å²) in [5, 5.41) is 0. The molecule has 0 spiro atoms. The number of carbonyl (C=O) groups excluding carboxylic acids is 1. The summed E-state index contributed by atoms with van der Waals surface area (Å²) in [4.78, 5) is 12.7. The van der Waals surface area contributed by atoms with Gasteiger partial charge in [0.1, 0.15) is 12.4 Å². The number of benzene rings is 2. The molecule has 0 saturated heterocycles. The van der Waals surface area contributed by atoms with E-state index < -0.39 is 0 Å². The van der Waals surface area contributed by atoms with E-state index in [1.807, 2.05) is 42.5 Å². The van der Waals surface area contributed by atoms with E-state index in [1.54, 1.807) is 7.11 Å². The van der Waals surface area contributed by atoms with Crippen LogP contribution in [0.2, 0.25) is 0 Å². The van der Waals surface area contributed by atoms with Gasteiger partial charge in [-0.05, 0) is 29.7 Å². The molecule has 2 aromatic rings. The van der Waals surface area contributed by atoms with Crippen LogP contribution >= 0.6 is 0 Å². The van der Waals surface area contributed by atoms with Gasteiger partial charge in [0, 0.05) is 7.11 Å². The van der Waals surface area contributed by atoms with Gasteiger partial charge in [-0.25, -0.2) is 0 Å². The van der Waals surface area contributed by atoms with Crippen molar-refractivity contribution in [3.8, 4) is 5.75 Å². The van der Waals surface area contributed by atoms with Crippen molar-refractivity contribution in [1.82, 2.24) is 0 Å². The second kappa shape index (κ2) is 6.10. The van der Waals surface area contributed by atoms with Gasteiger partial charge >= 0.3 is 0 Å². The Morgan fingerprint density at radius 1 is 1.10 bits per heavy atom. The van der Waals surface area contributed by atoms with E-state index in [0.29, 0.717) is 24.5 Å². The van der Waals surface area contributed by atoms with Gasteiger partial charge < -0.3 is 9.47 Å². The molecule has 0 bridgehead atoms. The minimum atomic E-state index is -0.0339. The van der Waals surface area contributed by atoms with Crippen LogP contribution in [0, 0.1) is 0 Å². The molecule has 1 aliphatic carbocycles. The molecule has 1 atom stereocenters. The normalized spacial score (nSPS) is 16.0. The van der Waals surface area contributed by atoms with E-state index in [4.69, 9.17) is 9.47 Å². The number of Topliss-reactive ketones (excluding diaryl/α,β-unsaturated/α-hetero) is 1. The molecule has 1 unspecified atom stereocenters. The SMILES string of the molecule is COCCOc1ccccc1C(=O)C1Cc2ccccc21. The number of hydrogen-bond donors (Lipinski definition) is 0. The van der Waals surface area contributed by atoms with Crippen molar-refractivity contribution < 1.29 is 14.3 Å². The summed E-state index contributed by atoms with van der Waals surface area (Å²) in [6.45, 7) is 0.955. The van der Waals surface area contributed by atoms with Crippen molar-refractivity contribution in [3.05, 3.63) is 65.2 Å². The average molecular weight is 282 g/mol. The Kier molecular flexibility index (Phi) is 4.02. The molecule has 21 heavy (non-hydrogen) atoms. The maximum atomic E-state index is 12.7. The highest BCUT2D eigenvalue weighted by Crippen LogP contribution is 2.38. The third-order valence-electron chi connectivity index (χ3n) is 3.87. The molecule has 108 valence electrons. The Labute approximate surface area is 124 Å². The summed E-state index contributed by atoms with van der Waals surface area (Å²) in [5.41, 5.74) is 3.08. The van der Waals surface area contributed by atoms with Gasteiger partial charge in [-0.3, -0.25) is 4.79 Å². The lowest BCUT2D eigenvalue weighted by molar-refractivity contribution is 0.0941. The van der Waals surface area contributed by atoms with E-state index in [0.717, 1.165) is 12.0 Å². The van der Waals surface area contributed by atoms with Gasteiger partial charge in [0.25, 0.3) is 0 Å². The lowest BCUT2D eigenvalue weighted by Crippen LogP contribution is -2.25. The van der Waals surface area contributed by atoms with Gasteiger partial charge in [0.15, 0.2) is 5.78 Å². The van der Waals surface area contributed by atoms with E-state index in [2.05, 4.69) is 6.07 Å². The molecule has 0 amide bonds. The molecule has 0 aliphatic heterocycles. The van der Waals surface area contributed by atoms with Crippen LogP contribution in [0.25, 0.3) is 0 Å². The summed E-state index contributed by atoms with van der Waals surface area (Å²) < 4.78 is 10.6. The first-order chi connectivity index (χ1) is 10.3. The summed E-state index contributed by atoms with van der Waals surface area (Å²) in [6.07, 6.45) is 0.821. The number of para-hydroxylation sites is 1. The number of hydrogen-bond acceptors (Lipinski definition) is 3. The first-order valence-corrected chi connectivity index (χ1v) is 7.14. The minimum absolute atomic E-state index is 0.0339. The Hall–Kier alpha value is -2.13. The van der Waals surface area contributed by atoms with Crippen molar-refractivity contribution in [2.45, 2.75) is 12.3 Å². The zero-order valence-corrected chi connectivity index (χ0v) is 12.0. The van der Waals surface area contributed by atoms with E-state index in [-0.39, 0.29) is 11.7 Å². The number of carbonyl (C=O) groups is 1. The van der Waals surface area contributed by atoms with E-state index in [1.165, 1.54) is 5.56 Å². The van der Waals surface area contributed by atoms with Gasteiger partial charge in [-0.15, -0.1) is 0 Å². The fourth-order valence-corrected chi connectivity index (χ4v) is 2.71. The zero-order valence-electron chi connectivity index (χ0n) is 12.0. The molecular weight excluding hydrogens is 264 g/mol. The van der Waals surface area contributed by atoms with E-state index >= 15 is 0 Å². The van der Waals surface area contributed by atoms with Crippen LogP contribution in [0.4, 0.5) is 0 Å². The highest BCUT2D eigenvalue weighted by atomic mass is 16.5. The van der Waals surface area contributed by atoms with E-state index in [9.17, 15) is 4.79 Å². The van der Waals surface area contributed by atoms with Crippen molar-refractivity contribution in [2.24, 2.45) is 0 Å². The second-order valence-electron chi connectivity index (χ2n) is 5.16. The second-order valence-corrected chi connectivity index (χ2v) is 5.16. The topological polar surface area (TPSA) is 35.5 Å². The number of ketones is 1. The van der Waals surface area contributed by atoms with Crippen LogP contribution in [0.3, 0.4) is 0 Å². The molecule has 0 fully saturated rings. The van der Waals surface area contributed by atoms with Crippen LogP contribution in [0.5, 0.6) is 5.75 Å². The maximum Gasteiger partial charge on any atom is 0.174 e. The van der Waals surface area contributed by atoms with Crippen LogP contribution in [-0.4, -0.2) is 26.1 Å². The van der Waals surface area contributed by atoms with Crippen molar-refractivity contribution in [1.29, 1.82) is 0 Å². The maximum absolute atomic E-state index is 12.7. The third-order valence-corrected chi connectivity index (χ3v) is 3.87. The van der Waals surface area contributed by atoms with Gasteiger partial charge in [-0.1, -0.05) is 36.4 Å². The number of methoxy groups -OCH3 is 1. The predicted molar refractivity (Wildman–Crippen MR) is 81.0 cm³/mol. The predicted octanol–water partition coefficient (Wildman–Crippen LogP) is 3.23. The molecule has 2 aromatic carbocycles. The Morgan fingerprint density at radius 2 is 1.86 bits per heavy atom. The minimum Gasteiger partial charge on any atom is -0.490 e. The van der Waals surface area contributed by atoms with Crippen LogP contribution in [-0.2, 0) is 11.2 Å². The Balaban J connectivity index is 1.80. The molecule has 3 heteroatoms. The summed E-state index contributed by atoms with van der Waals surface area (Å²) in [7, 11) is 1.63. The Bertz CT molecular complexity index is 648. The van der Waals surface area contributed by atoms with Gasteiger partial charge in [-0.2, -0.15) is 0 Å². The summed E-state index contributed by atoms with van der Waals surface area (Å²) in [6, 6.07) is 15.6. The molecule has 0 N–H and O–H groups in total. The van der Waals surface area contributed by atoms with Crippen molar-refractivity contribution in [3.63, 3.8) is 0 Å². The third kappa shape index (κ3) is 2.69. The molecule has 3 nitrogen and oxygen atoms in total. The smallest absolute Gasteiger partial charge is 0.174 e. The number of rotatable bonds is 6. The first kappa shape index (κ1) is 13.8. The van der Waals surface area contributed by atoms with Crippen LogP contribution < -0.4 is 4.74 Å². The molecule has 0 aromatic heterocycles. The van der Waals surface area contributed by atoms with Crippen molar-refractivity contribution in [2.75, 3.05) is 20.3 Å². The Morgan fingerprint density at radius 3 is 2.67 bits per heavy atom. The molecule has 3 rings (SSSR count). The van der Waals surface area contributed by atoms with Gasteiger partial charge in [0.2, 0.25) is 0 Å². The number of fused-ring (bicyclic) bond motifs is 1. The lowest BCUT2D eigenvalue weighted by atomic mass is 9.74. The quantitative estimate of drug-likeness (QED) is 0.603. The monoisotopic (exact) mass is 282 g/mol. The molecular formula is C18H18O3. The highest BCUT2D eigenvalue weighted by molar-refractivity contribution is 6.04. The fourth-order valence-electron chi connectivity index (χ4n) is 2.71.